The molecular weight excluding hydrogens is 255 g/mol. The summed E-state index contributed by atoms with van der Waals surface area (Å²) >= 11 is 5.85. The minimum atomic E-state index is -4.42. The van der Waals surface area contributed by atoms with Crippen LogP contribution in [0.5, 0.6) is 0 Å². The highest BCUT2D eigenvalue weighted by Gasteiger charge is 2.31. The number of halogens is 4. The number of H-pyrrole nitrogens is 1. The first kappa shape index (κ1) is 11.8. The van der Waals surface area contributed by atoms with Crippen LogP contribution in [0.2, 0.25) is 5.02 Å². The lowest BCUT2D eigenvalue weighted by Gasteiger charge is -2.09. The number of nitrogen functional groups attached to an aromatic ring is 1. The molecule has 2 rings (SSSR count). The topological polar surface area (TPSA) is 54.7 Å². The minimum absolute atomic E-state index is 0.172. The van der Waals surface area contributed by atoms with E-state index in [9.17, 15) is 13.2 Å². The molecule has 0 aliphatic rings. The third-order valence-electron chi connectivity index (χ3n) is 2.25. The van der Waals surface area contributed by atoms with E-state index in [0.29, 0.717) is 5.56 Å². The summed E-state index contributed by atoms with van der Waals surface area (Å²) in [7, 11) is 0. The Morgan fingerprint density at radius 1 is 1.24 bits per heavy atom. The first-order valence-corrected chi connectivity index (χ1v) is 4.93. The number of alkyl halides is 3. The van der Waals surface area contributed by atoms with Gasteiger partial charge in [0.2, 0.25) is 0 Å². The number of aromatic nitrogens is 2. The molecule has 0 saturated heterocycles. The van der Waals surface area contributed by atoms with Crippen LogP contribution in [0.3, 0.4) is 0 Å². The van der Waals surface area contributed by atoms with E-state index in [1.165, 1.54) is 12.3 Å². The molecule has 0 radical (unpaired) electrons. The quantitative estimate of drug-likeness (QED) is 0.827. The Balaban J connectivity index is 2.58. The second-order valence-corrected chi connectivity index (χ2v) is 3.80. The number of hydrogen-bond donors (Lipinski definition) is 2. The summed E-state index contributed by atoms with van der Waals surface area (Å²) in [4.78, 5) is 0. The lowest BCUT2D eigenvalue weighted by Crippen LogP contribution is -2.04. The molecule has 3 N–H and O–H groups in total. The lowest BCUT2D eigenvalue weighted by atomic mass is 10.1. The van der Waals surface area contributed by atoms with E-state index in [2.05, 4.69) is 10.2 Å². The van der Waals surface area contributed by atoms with E-state index in [1.54, 1.807) is 0 Å². The molecule has 0 aliphatic heterocycles. The highest BCUT2D eigenvalue weighted by atomic mass is 35.5. The van der Waals surface area contributed by atoms with Gasteiger partial charge in [0, 0.05) is 16.1 Å². The van der Waals surface area contributed by atoms with Crippen molar-refractivity contribution in [3.63, 3.8) is 0 Å². The average Bonchev–Trinajstić information content (AvgIpc) is 2.63. The van der Waals surface area contributed by atoms with E-state index in [1.807, 2.05) is 0 Å². The third-order valence-corrected chi connectivity index (χ3v) is 2.58. The van der Waals surface area contributed by atoms with Crippen LogP contribution in [0.1, 0.15) is 5.56 Å². The van der Waals surface area contributed by atoms with Crippen LogP contribution in [0.25, 0.3) is 11.1 Å². The zero-order chi connectivity index (χ0) is 12.6. The fourth-order valence-corrected chi connectivity index (χ4v) is 1.64. The van der Waals surface area contributed by atoms with Crippen molar-refractivity contribution in [2.24, 2.45) is 0 Å². The standard InChI is InChI=1S/C10H7ClF3N3/c11-8-2-1-5(10(12,13)14)3-6(8)7-4-16-17-9(7)15/h1-4H,(H3,15,16,17). The summed E-state index contributed by atoms with van der Waals surface area (Å²) in [6, 6.07) is 3.05. The van der Waals surface area contributed by atoms with Crippen LogP contribution in [0.15, 0.2) is 24.4 Å². The maximum absolute atomic E-state index is 12.5. The van der Waals surface area contributed by atoms with Crippen molar-refractivity contribution in [2.45, 2.75) is 6.18 Å². The average molecular weight is 262 g/mol. The molecule has 0 spiro atoms. The van der Waals surface area contributed by atoms with E-state index in [0.717, 1.165) is 12.1 Å². The van der Waals surface area contributed by atoms with Gasteiger partial charge in [0.05, 0.1) is 11.8 Å². The van der Waals surface area contributed by atoms with Crippen molar-refractivity contribution in [3.8, 4) is 11.1 Å². The Hall–Kier alpha value is -1.69. The maximum atomic E-state index is 12.5. The largest absolute Gasteiger partial charge is 0.416 e. The molecule has 0 bridgehead atoms. The molecule has 17 heavy (non-hydrogen) atoms. The molecule has 0 amide bonds. The number of hydrogen-bond acceptors (Lipinski definition) is 2. The maximum Gasteiger partial charge on any atom is 0.416 e. The van der Waals surface area contributed by atoms with Crippen LogP contribution < -0.4 is 5.73 Å². The van der Waals surface area contributed by atoms with Gasteiger partial charge in [-0.05, 0) is 18.2 Å². The third kappa shape index (κ3) is 2.21. The Labute approximate surface area is 99.4 Å². The smallest absolute Gasteiger partial charge is 0.384 e. The number of nitrogens with one attached hydrogen (secondary N) is 1. The fraction of sp³-hybridized carbons (Fsp3) is 0.100. The molecule has 1 aromatic heterocycles. The number of nitrogens with two attached hydrogens (primary N) is 1. The van der Waals surface area contributed by atoms with E-state index in [4.69, 9.17) is 17.3 Å². The van der Waals surface area contributed by atoms with Crippen molar-refractivity contribution in [2.75, 3.05) is 5.73 Å². The Morgan fingerprint density at radius 3 is 2.47 bits per heavy atom. The predicted molar refractivity (Wildman–Crippen MR) is 58.4 cm³/mol. The predicted octanol–water partition coefficient (Wildman–Crippen LogP) is 3.33. The number of nitrogens with zero attached hydrogens (tertiary/aromatic N) is 1. The van der Waals surface area contributed by atoms with Crippen molar-refractivity contribution >= 4 is 17.4 Å². The molecule has 1 aromatic carbocycles. The first-order chi connectivity index (χ1) is 7.89. The van der Waals surface area contributed by atoms with Gasteiger partial charge in [-0.25, -0.2) is 0 Å². The van der Waals surface area contributed by atoms with E-state index in [-0.39, 0.29) is 16.4 Å². The van der Waals surface area contributed by atoms with Crippen molar-refractivity contribution in [1.82, 2.24) is 10.2 Å². The molecule has 0 fully saturated rings. The van der Waals surface area contributed by atoms with E-state index >= 15 is 0 Å². The highest BCUT2D eigenvalue weighted by Crippen LogP contribution is 2.37. The number of anilines is 1. The first-order valence-electron chi connectivity index (χ1n) is 4.55. The summed E-state index contributed by atoms with van der Waals surface area (Å²) < 4.78 is 37.6. The highest BCUT2D eigenvalue weighted by molar-refractivity contribution is 6.33. The number of aromatic amines is 1. The molecule has 7 heteroatoms. The monoisotopic (exact) mass is 261 g/mol. The van der Waals surface area contributed by atoms with Gasteiger partial charge in [-0.15, -0.1) is 0 Å². The van der Waals surface area contributed by atoms with Crippen LogP contribution in [-0.4, -0.2) is 10.2 Å². The zero-order valence-electron chi connectivity index (χ0n) is 8.35. The van der Waals surface area contributed by atoms with Crippen molar-refractivity contribution in [3.05, 3.63) is 35.0 Å². The fourth-order valence-electron chi connectivity index (χ4n) is 1.42. The Bertz CT molecular complexity index is 548. The van der Waals surface area contributed by atoms with Gasteiger partial charge in [-0.2, -0.15) is 18.3 Å². The second-order valence-electron chi connectivity index (χ2n) is 3.39. The number of benzene rings is 1. The minimum Gasteiger partial charge on any atom is -0.384 e. The van der Waals surface area contributed by atoms with Crippen LogP contribution in [0, 0.1) is 0 Å². The van der Waals surface area contributed by atoms with Gasteiger partial charge in [0.15, 0.2) is 0 Å². The van der Waals surface area contributed by atoms with Gasteiger partial charge < -0.3 is 5.73 Å². The van der Waals surface area contributed by atoms with E-state index < -0.39 is 11.7 Å². The Kier molecular flexibility index (Phi) is 2.74. The molecule has 90 valence electrons. The van der Waals surface area contributed by atoms with Crippen molar-refractivity contribution in [1.29, 1.82) is 0 Å². The molecular formula is C10H7ClF3N3. The molecule has 0 saturated carbocycles. The van der Waals surface area contributed by atoms with Gasteiger partial charge in [0.1, 0.15) is 5.82 Å². The molecule has 3 nitrogen and oxygen atoms in total. The van der Waals surface area contributed by atoms with Gasteiger partial charge in [-0.1, -0.05) is 11.6 Å². The summed E-state index contributed by atoms with van der Waals surface area (Å²) in [6.45, 7) is 0. The lowest BCUT2D eigenvalue weighted by molar-refractivity contribution is -0.137. The van der Waals surface area contributed by atoms with Gasteiger partial charge >= 0.3 is 6.18 Å². The van der Waals surface area contributed by atoms with Crippen LogP contribution >= 0.6 is 11.6 Å². The zero-order valence-corrected chi connectivity index (χ0v) is 9.10. The summed E-state index contributed by atoms with van der Waals surface area (Å²) in [5, 5.41) is 6.27. The normalized spacial score (nSPS) is 11.8. The van der Waals surface area contributed by atoms with Gasteiger partial charge in [-0.3, -0.25) is 5.10 Å². The molecule has 0 unspecified atom stereocenters. The van der Waals surface area contributed by atoms with Crippen LogP contribution in [0.4, 0.5) is 19.0 Å². The summed E-state index contributed by atoms with van der Waals surface area (Å²) in [6.07, 6.45) is -3.09. The molecule has 0 atom stereocenters. The second kappa shape index (κ2) is 3.96. The van der Waals surface area contributed by atoms with Crippen molar-refractivity contribution < 1.29 is 13.2 Å². The molecule has 0 aliphatic carbocycles. The van der Waals surface area contributed by atoms with Gasteiger partial charge in [0.25, 0.3) is 0 Å². The summed E-state index contributed by atoms with van der Waals surface area (Å²) in [5.41, 5.74) is 5.31. The van der Waals surface area contributed by atoms with Crippen LogP contribution in [-0.2, 0) is 6.18 Å². The summed E-state index contributed by atoms with van der Waals surface area (Å²) in [5.74, 6) is 0.172. The Morgan fingerprint density at radius 2 is 1.94 bits per heavy atom. The molecule has 2 aromatic rings. The number of rotatable bonds is 1. The molecule has 1 heterocycles. The SMILES string of the molecule is Nc1[nH]ncc1-c1cc(C(F)(F)F)ccc1Cl.